The predicted octanol–water partition coefficient (Wildman–Crippen LogP) is 2.63. The number of nitrogens with zero attached hydrogens (tertiary/aromatic N) is 4. The highest BCUT2D eigenvalue weighted by atomic mass is 19.4. The van der Waals surface area contributed by atoms with Crippen LogP contribution in [0, 0.1) is 11.3 Å². The van der Waals surface area contributed by atoms with Crippen LogP contribution in [-0.2, 0) is 20.4 Å². The lowest BCUT2D eigenvalue weighted by atomic mass is 9.78. The van der Waals surface area contributed by atoms with Gasteiger partial charge in [-0.2, -0.15) is 13.2 Å². The van der Waals surface area contributed by atoms with Gasteiger partial charge < -0.3 is 24.6 Å². The largest absolute Gasteiger partial charge is 0.451 e. The van der Waals surface area contributed by atoms with E-state index in [0.29, 0.717) is 31.4 Å². The van der Waals surface area contributed by atoms with Gasteiger partial charge in [0, 0.05) is 45.1 Å². The van der Waals surface area contributed by atoms with E-state index in [1.807, 2.05) is 9.80 Å². The SMILES string of the molecule is CO[C@@H]1COCC[C@@H]1N[C@@H]1C[C@H]2CCC[C@@]2(C(=O)N2C[C@@H]3C[C@H]2CN3c2ccnc(C(F)(F)F)n2)C1. The fourth-order valence-electron chi connectivity index (χ4n) is 7.68. The summed E-state index contributed by atoms with van der Waals surface area (Å²) in [6.07, 6.45) is 3.26. The molecule has 1 amide bonds. The number of likely N-dealkylation sites (tertiary alicyclic amines) is 1. The van der Waals surface area contributed by atoms with Crippen molar-refractivity contribution in [2.75, 3.05) is 38.3 Å². The van der Waals surface area contributed by atoms with Gasteiger partial charge in [0.25, 0.3) is 0 Å². The highest BCUT2D eigenvalue weighted by Gasteiger charge is 2.59. The number of methoxy groups -OCH3 is 1. The standard InChI is InChI=1S/C25H34F3N5O3/c1-35-20-14-36-8-5-19(20)30-16-9-15-3-2-6-24(15,11-16)23(34)33-13-17-10-18(33)12-32(17)21-4-7-29-22(31-21)25(26,27)28/h4,7,15-20,30H,2-3,5-6,8-14H2,1H3/t15-,16-,17+,18+,19+,20-,24-/m1/s1. The Balaban J connectivity index is 1.13. The van der Waals surface area contributed by atoms with Gasteiger partial charge in [-0.1, -0.05) is 6.42 Å². The second-order valence-corrected chi connectivity index (χ2v) is 11.2. The molecule has 8 nitrogen and oxygen atoms in total. The molecule has 5 aliphatic rings. The van der Waals surface area contributed by atoms with E-state index in [2.05, 4.69) is 15.3 Å². The first-order valence-electron chi connectivity index (χ1n) is 13.1. The Labute approximate surface area is 208 Å². The number of rotatable bonds is 5. The zero-order valence-electron chi connectivity index (χ0n) is 20.5. The Morgan fingerprint density at radius 2 is 2.11 bits per heavy atom. The molecule has 2 saturated carbocycles. The summed E-state index contributed by atoms with van der Waals surface area (Å²) in [5.74, 6) is -0.179. The van der Waals surface area contributed by atoms with Crippen LogP contribution in [0.15, 0.2) is 12.3 Å². The van der Waals surface area contributed by atoms with E-state index >= 15 is 0 Å². The first-order valence-corrected chi connectivity index (χ1v) is 13.1. The van der Waals surface area contributed by atoms with Gasteiger partial charge in [-0.25, -0.2) is 9.97 Å². The summed E-state index contributed by atoms with van der Waals surface area (Å²) in [7, 11) is 1.72. The normalized spacial score (nSPS) is 38.1. The predicted molar refractivity (Wildman–Crippen MR) is 124 cm³/mol. The summed E-state index contributed by atoms with van der Waals surface area (Å²) in [5, 5.41) is 3.81. The third-order valence-electron chi connectivity index (χ3n) is 9.31. The van der Waals surface area contributed by atoms with E-state index < -0.39 is 12.0 Å². The van der Waals surface area contributed by atoms with Crippen LogP contribution in [0.4, 0.5) is 19.0 Å². The van der Waals surface area contributed by atoms with Gasteiger partial charge >= 0.3 is 6.18 Å². The number of halogens is 3. The van der Waals surface area contributed by atoms with Gasteiger partial charge in [0.2, 0.25) is 11.7 Å². The number of anilines is 1. The molecule has 1 N–H and O–H groups in total. The minimum absolute atomic E-state index is 0.00814. The molecule has 5 fully saturated rings. The van der Waals surface area contributed by atoms with Crippen molar-refractivity contribution in [2.45, 2.75) is 81.4 Å². The average molecular weight is 510 g/mol. The molecule has 0 radical (unpaired) electrons. The first kappa shape index (κ1) is 24.4. The van der Waals surface area contributed by atoms with E-state index in [1.54, 1.807) is 7.11 Å². The lowest BCUT2D eigenvalue weighted by Crippen LogP contribution is -2.54. The maximum atomic E-state index is 14.1. The van der Waals surface area contributed by atoms with Crippen LogP contribution in [0.1, 0.15) is 50.8 Å². The molecule has 2 aliphatic carbocycles. The zero-order chi connectivity index (χ0) is 25.1. The van der Waals surface area contributed by atoms with E-state index in [0.717, 1.165) is 51.6 Å². The van der Waals surface area contributed by atoms with Gasteiger partial charge in [-0.15, -0.1) is 0 Å². The van der Waals surface area contributed by atoms with Crippen molar-refractivity contribution in [1.82, 2.24) is 20.2 Å². The summed E-state index contributed by atoms with van der Waals surface area (Å²) in [5.41, 5.74) is -0.320. The Morgan fingerprint density at radius 1 is 1.25 bits per heavy atom. The third-order valence-corrected chi connectivity index (χ3v) is 9.31. The minimum Gasteiger partial charge on any atom is -0.379 e. The quantitative estimate of drug-likeness (QED) is 0.654. The van der Waals surface area contributed by atoms with E-state index in [9.17, 15) is 18.0 Å². The highest BCUT2D eigenvalue weighted by molar-refractivity contribution is 5.85. The molecule has 0 aromatic carbocycles. The molecule has 3 aliphatic heterocycles. The molecule has 0 spiro atoms. The van der Waals surface area contributed by atoms with Crippen LogP contribution in [0.2, 0.25) is 0 Å². The van der Waals surface area contributed by atoms with Crippen molar-refractivity contribution in [2.24, 2.45) is 11.3 Å². The summed E-state index contributed by atoms with van der Waals surface area (Å²) < 4.78 is 50.5. The average Bonchev–Trinajstić information content (AvgIpc) is 3.63. The monoisotopic (exact) mass is 509 g/mol. The van der Waals surface area contributed by atoms with Crippen molar-refractivity contribution < 1.29 is 27.4 Å². The molecular weight excluding hydrogens is 475 g/mol. The smallest absolute Gasteiger partial charge is 0.379 e. The van der Waals surface area contributed by atoms with Gasteiger partial charge in [0.05, 0.1) is 30.2 Å². The van der Waals surface area contributed by atoms with Crippen molar-refractivity contribution in [3.63, 3.8) is 0 Å². The number of nitrogens with one attached hydrogen (secondary N) is 1. The fourth-order valence-corrected chi connectivity index (χ4v) is 7.68. The van der Waals surface area contributed by atoms with Crippen LogP contribution in [0.5, 0.6) is 0 Å². The topological polar surface area (TPSA) is 79.8 Å². The molecule has 2 bridgehead atoms. The number of carbonyl (C=O) groups is 1. The zero-order valence-corrected chi connectivity index (χ0v) is 20.5. The molecule has 7 atom stereocenters. The van der Waals surface area contributed by atoms with E-state index in [1.165, 1.54) is 12.3 Å². The molecule has 1 aromatic rings. The van der Waals surface area contributed by atoms with Gasteiger partial charge in [-0.3, -0.25) is 4.79 Å². The number of alkyl halides is 3. The molecule has 4 heterocycles. The van der Waals surface area contributed by atoms with Crippen molar-refractivity contribution in [3.05, 3.63) is 18.1 Å². The van der Waals surface area contributed by atoms with Crippen LogP contribution < -0.4 is 10.2 Å². The molecule has 198 valence electrons. The Morgan fingerprint density at radius 3 is 2.86 bits per heavy atom. The summed E-state index contributed by atoms with van der Waals surface area (Å²) in [6.45, 7) is 2.39. The van der Waals surface area contributed by atoms with Crippen LogP contribution >= 0.6 is 0 Å². The second kappa shape index (κ2) is 9.09. The Hall–Kier alpha value is -1.98. The van der Waals surface area contributed by atoms with Crippen LogP contribution in [0.3, 0.4) is 0 Å². The third kappa shape index (κ3) is 4.07. The van der Waals surface area contributed by atoms with Crippen LogP contribution in [0.25, 0.3) is 0 Å². The second-order valence-electron chi connectivity index (χ2n) is 11.2. The Bertz CT molecular complexity index is 996. The number of ether oxygens (including phenoxy) is 2. The number of fused-ring (bicyclic) bond motifs is 3. The number of hydrogen-bond acceptors (Lipinski definition) is 7. The molecular formula is C25H34F3N5O3. The molecule has 11 heteroatoms. The van der Waals surface area contributed by atoms with Gasteiger partial charge in [-0.05, 0) is 50.5 Å². The maximum absolute atomic E-state index is 14.1. The molecule has 3 saturated heterocycles. The highest BCUT2D eigenvalue weighted by Crippen LogP contribution is 2.56. The van der Waals surface area contributed by atoms with Crippen LogP contribution in [-0.4, -0.2) is 84.5 Å². The van der Waals surface area contributed by atoms with Crippen molar-refractivity contribution in [1.29, 1.82) is 0 Å². The van der Waals surface area contributed by atoms with Crippen molar-refractivity contribution >= 4 is 11.7 Å². The number of piperazine rings is 1. The first-order chi connectivity index (χ1) is 17.3. The minimum atomic E-state index is -4.58. The molecule has 36 heavy (non-hydrogen) atoms. The summed E-state index contributed by atoms with van der Waals surface area (Å²) >= 11 is 0. The molecule has 1 aromatic heterocycles. The summed E-state index contributed by atoms with van der Waals surface area (Å²) in [4.78, 5) is 25.2. The molecule has 0 unspecified atom stereocenters. The van der Waals surface area contributed by atoms with Crippen molar-refractivity contribution in [3.8, 4) is 0 Å². The lowest BCUT2D eigenvalue weighted by molar-refractivity contribution is -0.145. The number of carbonyl (C=O) groups excluding carboxylic acids is 1. The van der Waals surface area contributed by atoms with E-state index in [-0.39, 0.29) is 41.6 Å². The number of amides is 1. The lowest BCUT2D eigenvalue weighted by Gasteiger charge is -2.40. The number of aromatic nitrogens is 2. The molecule has 6 rings (SSSR count). The van der Waals surface area contributed by atoms with Gasteiger partial charge in [0.1, 0.15) is 5.82 Å². The van der Waals surface area contributed by atoms with E-state index in [4.69, 9.17) is 9.47 Å². The summed E-state index contributed by atoms with van der Waals surface area (Å²) in [6, 6.07) is 2.07. The fraction of sp³-hybridized carbons (Fsp3) is 0.800. The van der Waals surface area contributed by atoms with Gasteiger partial charge in [0.15, 0.2) is 0 Å². The maximum Gasteiger partial charge on any atom is 0.451 e. The Kier molecular flexibility index (Phi) is 6.15. The number of hydrogen-bond donors (Lipinski definition) is 1.